The van der Waals surface area contributed by atoms with Crippen LogP contribution in [0.1, 0.15) is 56.2 Å². The lowest BCUT2D eigenvalue weighted by Gasteiger charge is -2.30. The van der Waals surface area contributed by atoms with Gasteiger partial charge in [0, 0.05) is 51.3 Å². The molecule has 0 radical (unpaired) electrons. The van der Waals surface area contributed by atoms with Crippen LogP contribution in [-0.4, -0.2) is 52.6 Å². The van der Waals surface area contributed by atoms with Crippen LogP contribution < -0.4 is 0 Å². The van der Waals surface area contributed by atoms with E-state index in [0.29, 0.717) is 25.4 Å². The lowest BCUT2D eigenvalue weighted by molar-refractivity contribution is -0.143. The monoisotopic (exact) mass is 447 g/mol. The quantitative estimate of drug-likeness (QED) is 0.578. The summed E-state index contributed by atoms with van der Waals surface area (Å²) in [6, 6.07) is 15.1. The highest BCUT2D eigenvalue weighted by atomic mass is 16.2. The summed E-state index contributed by atoms with van der Waals surface area (Å²) in [5.74, 6) is -0.125. The van der Waals surface area contributed by atoms with Crippen molar-refractivity contribution in [2.45, 2.75) is 56.8 Å². The van der Waals surface area contributed by atoms with Gasteiger partial charge in [-0.05, 0) is 36.5 Å². The second-order valence-corrected chi connectivity index (χ2v) is 9.50. The van der Waals surface area contributed by atoms with Crippen LogP contribution in [0.5, 0.6) is 0 Å². The number of hydrogen-bond acceptors (Lipinski definition) is 4. The van der Waals surface area contributed by atoms with E-state index in [1.807, 2.05) is 48.5 Å². The highest BCUT2D eigenvalue weighted by molar-refractivity contribution is 6.10. The van der Waals surface area contributed by atoms with E-state index in [2.05, 4.69) is 4.98 Å². The number of likely N-dealkylation sites (tertiary alicyclic amines) is 1. The minimum Gasteiger partial charge on any atom is -0.345 e. The molecule has 174 valence electrons. The van der Waals surface area contributed by atoms with Crippen molar-refractivity contribution < 1.29 is 14.4 Å². The van der Waals surface area contributed by atoms with Gasteiger partial charge in [-0.15, -0.1) is 0 Å². The fourth-order valence-electron chi connectivity index (χ4n) is 5.18. The molecular weight excluding hydrogens is 414 g/mol. The van der Waals surface area contributed by atoms with E-state index in [0.717, 1.165) is 36.9 Å². The van der Waals surface area contributed by atoms with Gasteiger partial charge in [0.2, 0.25) is 17.7 Å². The predicted octanol–water partition coefficient (Wildman–Crippen LogP) is 3.75. The maximum absolute atomic E-state index is 13.8. The molecule has 4 rings (SSSR count). The molecule has 1 aliphatic carbocycles. The van der Waals surface area contributed by atoms with E-state index in [9.17, 15) is 14.4 Å². The topological polar surface area (TPSA) is 70.6 Å². The average Bonchev–Trinajstić information content (AvgIpc) is 3.09. The molecule has 2 fully saturated rings. The summed E-state index contributed by atoms with van der Waals surface area (Å²) in [6.07, 6.45) is 8.10. The molecule has 0 bridgehead atoms. The van der Waals surface area contributed by atoms with Crippen molar-refractivity contribution in [1.29, 1.82) is 0 Å². The van der Waals surface area contributed by atoms with Crippen molar-refractivity contribution >= 4 is 17.7 Å². The van der Waals surface area contributed by atoms with Gasteiger partial charge in [0.1, 0.15) is 0 Å². The zero-order valence-electron chi connectivity index (χ0n) is 19.4. The van der Waals surface area contributed by atoms with Crippen molar-refractivity contribution in [3.05, 3.63) is 66.0 Å². The molecule has 2 aromatic rings. The Morgan fingerprint density at radius 2 is 1.79 bits per heavy atom. The van der Waals surface area contributed by atoms with Crippen LogP contribution in [0.25, 0.3) is 0 Å². The largest absolute Gasteiger partial charge is 0.345 e. The predicted molar refractivity (Wildman–Crippen MR) is 126 cm³/mol. The standard InChI is InChI=1S/C27H33N3O3/c1-29(17-15-23-14-8-9-16-28-23)24(31)18-27(22-12-6-3-7-13-22)19-25(32)30(26(27)33)20-21-10-4-2-5-11-21/h3,6-9,12-14,16,21H,2,4-5,10-11,15,17-20H2,1H3. The van der Waals surface area contributed by atoms with E-state index in [-0.39, 0.29) is 30.6 Å². The number of aromatic nitrogens is 1. The number of pyridine rings is 1. The third-order valence-electron chi connectivity index (χ3n) is 7.21. The van der Waals surface area contributed by atoms with Crippen LogP contribution in [0.15, 0.2) is 54.7 Å². The molecule has 6 heteroatoms. The summed E-state index contributed by atoms with van der Waals surface area (Å²) in [5.41, 5.74) is 0.547. The Morgan fingerprint density at radius 1 is 1.06 bits per heavy atom. The van der Waals surface area contributed by atoms with Crippen molar-refractivity contribution in [1.82, 2.24) is 14.8 Å². The molecule has 2 aliphatic rings. The number of carbonyl (C=O) groups excluding carboxylic acids is 3. The highest BCUT2D eigenvalue weighted by Crippen LogP contribution is 2.41. The first-order chi connectivity index (χ1) is 16.0. The third-order valence-corrected chi connectivity index (χ3v) is 7.21. The molecule has 1 saturated carbocycles. The molecule has 1 aromatic heterocycles. The molecule has 6 nitrogen and oxygen atoms in total. The highest BCUT2D eigenvalue weighted by Gasteiger charge is 2.54. The van der Waals surface area contributed by atoms with Gasteiger partial charge in [-0.25, -0.2) is 0 Å². The molecular formula is C27H33N3O3. The van der Waals surface area contributed by atoms with E-state index in [4.69, 9.17) is 0 Å². The molecule has 1 unspecified atom stereocenters. The van der Waals surface area contributed by atoms with E-state index < -0.39 is 5.41 Å². The van der Waals surface area contributed by atoms with Crippen molar-refractivity contribution in [3.63, 3.8) is 0 Å². The fourth-order valence-corrected chi connectivity index (χ4v) is 5.18. The molecule has 1 aliphatic heterocycles. The van der Waals surface area contributed by atoms with Gasteiger partial charge >= 0.3 is 0 Å². The molecule has 0 spiro atoms. The van der Waals surface area contributed by atoms with Gasteiger partial charge in [0.25, 0.3) is 0 Å². The molecule has 3 amide bonds. The molecule has 0 N–H and O–H groups in total. The first-order valence-electron chi connectivity index (χ1n) is 12.0. The first kappa shape index (κ1) is 23.1. The van der Waals surface area contributed by atoms with E-state index in [1.54, 1.807) is 18.1 Å². The third kappa shape index (κ3) is 5.15. The molecule has 1 saturated heterocycles. The maximum atomic E-state index is 13.8. The lowest BCUT2D eigenvalue weighted by atomic mass is 9.75. The van der Waals surface area contributed by atoms with Crippen LogP contribution in [-0.2, 0) is 26.2 Å². The summed E-state index contributed by atoms with van der Waals surface area (Å²) in [7, 11) is 1.75. The number of benzene rings is 1. The summed E-state index contributed by atoms with van der Waals surface area (Å²) in [6.45, 7) is 0.991. The Hall–Kier alpha value is -3.02. The summed E-state index contributed by atoms with van der Waals surface area (Å²) >= 11 is 0. The summed E-state index contributed by atoms with van der Waals surface area (Å²) in [5, 5.41) is 0. The molecule has 1 atom stereocenters. The smallest absolute Gasteiger partial charge is 0.240 e. The fraction of sp³-hybridized carbons (Fsp3) is 0.481. The number of nitrogens with zero attached hydrogens (tertiary/aromatic N) is 3. The second-order valence-electron chi connectivity index (χ2n) is 9.50. The van der Waals surface area contributed by atoms with Crippen molar-refractivity contribution in [3.8, 4) is 0 Å². The minimum absolute atomic E-state index is 0.00146. The van der Waals surface area contributed by atoms with Gasteiger partial charge in [-0.1, -0.05) is 55.7 Å². The van der Waals surface area contributed by atoms with Gasteiger partial charge in [0.15, 0.2) is 0 Å². The Balaban J connectivity index is 1.52. The zero-order valence-corrected chi connectivity index (χ0v) is 19.4. The normalized spacial score (nSPS) is 21.4. The summed E-state index contributed by atoms with van der Waals surface area (Å²) in [4.78, 5) is 47.5. The SMILES string of the molecule is CN(CCc1ccccn1)C(=O)CC1(c2ccccc2)CC(=O)N(CC2CCCCC2)C1=O. The van der Waals surface area contributed by atoms with Gasteiger partial charge in [0.05, 0.1) is 5.41 Å². The van der Waals surface area contributed by atoms with Gasteiger partial charge in [-0.2, -0.15) is 0 Å². The van der Waals surface area contributed by atoms with Gasteiger partial charge < -0.3 is 4.90 Å². The summed E-state index contributed by atoms with van der Waals surface area (Å²) < 4.78 is 0. The second kappa shape index (κ2) is 10.3. The first-order valence-corrected chi connectivity index (χ1v) is 12.0. The Morgan fingerprint density at radius 3 is 2.48 bits per heavy atom. The van der Waals surface area contributed by atoms with Crippen LogP contribution in [0.2, 0.25) is 0 Å². The van der Waals surface area contributed by atoms with Crippen LogP contribution >= 0.6 is 0 Å². The maximum Gasteiger partial charge on any atom is 0.240 e. The van der Waals surface area contributed by atoms with Crippen molar-refractivity contribution in [2.24, 2.45) is 5.92 Å². The molecule has 2 heterocycles. The minimum atomic E-state index is -1.12. The number of likely N-dealkylation sites (N-methyl/N-ethyl adjacent to an activating group) is 1. The van der Waals surface area contributed by atoms with Gasteiger partial charge in [-0.3, -0.25) is 24.3 Å². The zero-order chi connectivity index (χ0) is 23.3. The van der Waals surface area contributed by atoms with Crippen LogP contribution in [0.3, 0.4) is 0 Å². The Labute approximate surface area is 196 Å². The number of carbonyl (C=O) groups is 3. The number of imide groups is 1. The van der Waals surface area contributed by atoms with E-state index in [1.165, 1.54) is 11.3 Å². The lowest BCUT2D eigenvalue weighted by Crippen LogP contribution is -2.44. The molecule has 1 aromatic carbocycles. The Bertz CT molecular complexity index is 973. The van der Waals surface area contributed by atoms with Crippen molar-refractivity contribution in [2.75, 3.05) is 20.1 Å². The average molecular weight is 448 g/mol. The van der Waals surface area contributed by atoms with Crippen LogP contribution in [0, 0.1) is 5.92 Å². The van der Waals surface area contributed by atoms with Crippen LogP contribution in [0.4, 0.5) is 0 Å². The number of rotatable bonds is 8. The number of hydrogen-bond donors (Lipinski definition) is 0. The Kier molecular flexibility index (Phi) is 7.21. The molecule has 33 heavy (non-hydrogen) atoms. The number of amides is 3. The van der Waals surface area contributed by atoms with E-state index >= 15 is 0 Å².